The number of hydrogen-bond acceptors (Lipinski definition) is 2. The summed E-state index contributed by atoms with van der Waals surface area (Å²) in [5.41, 5.74) is 2.32. The lowest BCUT2D eigenvalue weighted by molar-refractivity contribution is 0.0617. The Labute approximate surface area is 122 Å². The van der Waals surface area contributed by atoms with Crippen molar-refractivity contribution in [1.29, 1.82) is 0 Å². The molecule has 0 fully saturated rings. The first-order valence-corrected chi connectivity index (χ1v) is 7.18. The third-order valence-electron chi connectivity index (χ3n) is 2.82. The standard InChI is InChI=1S/C16H18BrNO/c1-13(11-18-16-5-3-2-4-6-16)19-12-14-7-9-15(17)10-8-14/h2-10,13,18H,11-12H2,1H3. The molecule has 19 heavy (non-hydrogen) atoms. The van der Waals surface area contributed by atoms with Crippen molar-refractivity contribution in [3.05, 3.63) is 64.6 Å². The van der Waals surface area contributed by atoms with Gasteiger partial charge in [-0.1, -0.05) is 46.3 Å². The summed E-state index contributed by atoms with van der Waals surface area (Å²) in [4.78, 5) is 0. The highest BCUT2D eigenvalue weighted by molar-refractivity contribution is 9.10. The number of para-hydroxylation sites is 1. The van der Waals surface area contributed by atoms with E-state index < -0.39 is 0 Å². The zero-order valence-corrected chi connectivity index (χ0v) is 12.6. The fourth-order valence-electron chi connectivity index (χ4n) is 1.70. The summed E-state index contributed by atoms with van der Waals surface area (Å²) in [5.74, 6) is 0. The summed E-state index contributed by atoms with van der Waals surface area (Å²) in [5, 5.41) is 3.36. The van der Waals surface area contributed by atoms with E-state index in [1.807, 2.05) is 30.3 Å². The van der Waals surface area contributed by atoms with Crippen molar-refractivity contribution in [3.8, 4) is 0 Å². The minimum absolute atomic E-state index is 0.170. The fourth-order valence-corrected chi connectivity index (χ4v) is 1.96. The molecule has 0 aliphatic rings. The van der Waals surface area contributed by atoms with Crippen molar-refractivity contribution in [2.45, 2.75) is 19.6 Å². The van der Waals surface area contributed by atoms with Crippen LogP contribution in [0.1, 0.15) is 12.5 Å². The molecule has 0 bridgehead atoms. The number of rotatable bonds is 6. The molecule has 0 spiro atoms. The molecule has 1 unspecified atom stereocenters. The molecule has 0 saturated heterocycles. The smallest absolute Gasteiger partial charge is 0.0723 e. The van der Waals surface area contributed by atoms with Crippen molar-refractivity contribution in [2.75, 3.05) is 11.9 Å². The van der Waals surface area contributed by atoms with Crippen molar-refractivity contribution < 1.29 is 4.74 Å². The van der Waals surface area contributed by atoms with Crippen LogP contribution in [0.3, 0.4) is 0 Å². The van der Waals surface area contributed by atoms with Gasteiger partial charge in [-0.25, -0.2) is 0 Å². The van der Waals surface area contributed by atoms with Gasteiger partial charge in [-0.2, -0.15) is 0 Å². The Balaban J connectivity index is 1.72. The first kappa shape index (κ1) is 14.1. The molecule has 2 nitrogen and oxygen atoms in total. The molecule has 100 valence electrons. The van der Waals surface area contributed by atoms with Crippen LogP contribution in [-0.4, -0.2) is 12.6 Å². The third kappa shape index (κ3) is 5.05. The summed E-state index contributed by atoms with van der Waals surface area (Å²) in [7, 11) is 0. The zero-order valence-electron chi connectivity index (χ0n) is 11.0. The SMILES string of the molecule is CC(CNc1ccccc1)OCc1ccc(Br)cc1. The fraction of sp³-hybridized carbons (Fsp3) is 0.250. The normalized spacial score (nSPS) is 12.1. The van der Waals surface area contributed by atoms with Gasteiger partial charge in [0, 0.05) is 16.7 Å². The predicted molar refractivity (Wildman–Crippen MR) is 83.3 cm³/mol. The topological polar surface area (TPSA) is 21.3 Å². The Kier molecular flexibility index (Phi) is 5.43. The molecule has 2 rings (SSSR count). The second-order valence-corrected chi connectivity index (χ2v) is 5.41. The van der Waals surface area contributed by atoms with Crippen LogP contribution < -0.4 is 5.32 Å². The van der Waals surface area contributed by atoms with Gasteiger partial charge in [-0.3, -0.25) is 0 Å². The average Bonchev–Trinajstić information content (AvgIpc) is 2.45. The Morgan fingerprint density at radius 3 is 2.42 bits per heavy atom. The lowest BCUT2D eigenvalue weighted by Gasteiger charge is -2.15. The highest BCUT2D eigenvalue weighted by Crippen LogP contribution is 2.12. The summed E-state index contributed by atoms with van der Waals surface area (Å²) in [6.07, 6.45) is 0.170. The Morgan fingerprint density at radius 2 is 1.74 bits per heavy atom. The lowest BCUT2D eigenvalue weighted by Crippen LogP contribution is -2.19. The number of nitrogens with one attached hydrogen (secondary N) is 1. The van der Waals surface area contributed by atoms with Gasteiger partial charge in [-0.15, -0.1) is 0 Å². The van der Waals surface area contributed by atoms with Crippen LogP contribution in [0.5, 0.6) is 0 Å². The number of anilines is 1. The van der Waals surface area contributed by atoms with Crippen LogP contribution in [0.15, 0.2) is 59.1 Å². The lowest BCUT2D eigenvalue weighted by atomic mass is 10.2. The van der Waals surface area contributed by atoms with Crippen LogP contribution in [0, 0.1) is 0 Å². The maximum Gasteiger partial charge on any atom is 0.0723 e. The van der Waals surface area contributed by atoms with Gasteiger partial charge in [0.2, 0.25) is 0 Å². The molecule has 2 aromatic carbocycles. The van der Waals surface area contributed by atoms with Crippen molar-refractivity contribution in [2.24, 2.45) is 0 Å². The molecule has 0 saturated carbocycles. The number of hydrogen-bond donors (Lipinski definition) is 1. The zero-order chi connectivity index (χ0) is 13.5. The van der Waals surface area contributed by atoms with Gasteiger partial charge in [0.05, 0.1) is 12.7 Å². The van der Waals surface area contributed by atoms with Crippen LogP contribution >= 0.6 is 15.9 Å². The van der Waals surface area contributed by atoms with Crippen molar-refractivity contribution in [1.82, 2.24) is 0 Å². The minimum atomic E-state index is 0.170. The van der Waals surface area contributed by atoms with Gasteiger partial charge in [0.25, 0.3) is 0 Å². The van der Waals surface area contributed by atoms with E-state index >= 15 is 0 Å². The van der Waals surface area contributed by atoms with E-state index in [4.69, 9.17) is 4.74 Å². The molecule has 3 heteroatoms. The Bertz CT molecular complexity index is 484. The van der Waals surface area contributed by atoms with E-state index in [1.165, 1.54) is 5.56 Å². The molecule has 0 aliphatic carbocycles. The molecule has 1 atom stereocenters. The van der Waals surface area contributed by atoms with Gasteiger partial charge < -0.3 is 10.1 Å². The summed E-state index contributed by atoms with van der Waals surface area (Å²) in [6, 6.07) is 18.4. The molecule has 0 aromatic heterocycles. The van der Waals surface area contributed by atoms with Gasteiger partial charge in [0.1, 0.15) is 0 Å². The van der Waals surface area contributed by atoms with E-state index in [9.17, 15) is 0 Å². The van der Waals surface area contributed by atoms with Gasteiger partial charge in [-0.05, 0) is 36.8 Å². The van der Waals surface area contributed by atoms with E-state index in [0.717, 1.165) is 16.7 Å². The van der Waals surface area contributed by atoms with Crippen LogP contribution in [-0.2, 0) is 11.3 Å². The maximum atomic E-state index is 5.81. The maximum absolute atomic E-state index is 5.81. The van der Waals surface area contributed by atoms with Crippen LogP contribution in [0.2, 0.25) is 0 Å². The van der Waals surface area contributed by atoms with E-state index in [1.54, 1.807) is 0 Å². The predicted octanol–water partition coefficient (Wildman–Crippen LogP) is 4.47. The van der Waals surface area contributed by atoms with Crippen LogP contribution in [0.4, 0.5) is 5.69 Å². The average molecular weight is 320 g/mol. The second kappa shape index (κ2) is 7.31. The number of benzene rings is 2. The Hall–Kier alpha value is -1.32. The molecular formula is C16H18BrNO. The molecule has 2 aromatic rings. The number of halogens is 1. The third-order valence-corrected chi connectivity index (χ3v) is 3.34. The molecular weight excluding hydrogens is 302 g/mol. The first-order chi connectivity index (χ1) is 9.24. The van der Waals surface area contributed by atoms with Crippen molar-refractivity contribution in [3.63, 3.8) is 0 Å². The van der Waals surface area contributed by atoms with Crippen molar-refractivity contribution >= 4 is 21.6 Å². The Morgan fingerprint density at radius 1 is 1.05 bits per heavy atom. The molecule has 0 radical (unpaired) electrons. The summed E-state index contributed by atoms with van der Waals surface area (Å²) < 4.78 is 6.90. The van der Waals surface area contributed by atoms with E-state index in [2.05, 4.69) is 52.4 Å². The minimum Gasteiger partial charge on any atom is -0.382 e. The summed E-state index contributed by atoms with van der Waals surface area (Å²) in [6.45, 7) is 3.53. The highest BCUT2D eigenvalue weighted by atomic mass is 79.9. The van der Waals surface area contributed by atoms with E-state index in [-0.39, 0.29) is 6.10 Å². The quantitative estimate of drug-likeness (QED) is 0.848. The first-order valence-electron chi connectivity index (χ1n) is 6.39. The molecule has 0 amide bonds. The van der Waals surface area contributed by atoms with Gasteiger partial charge in [0.15, 0.2) is 0 Å². The highest BCUT2D eigenvalue weighted by Gasteiger charge is 2.02. The van der Waals surface area contributed by atoms with Crippen LogP contribution in [0.25, 0.3) is 0 Å². The van der Waals surface area contributed by atoms with Gasteiger partial charge >= 0.3 is 0 Å². The monoisotopic (exact) mass is 319 g/mol. The van der Waals surface area contributed by atoms with E-state index in [0.29, 0.717) is 6.61 Å². The molecule has 1 N–H and O–H groups in total. The largest absolute Gasteiger partial charge is 0.382 e. The second-order valence-electron chi connectivity index (χ2n) is 4.50. The molecule has 0 aliphatic heterocycles. The summed E-state index contributed by atoms with van der Waals surface area (Å²) >= 11 is 3.43. The number of ether oxygens (including phenoxy) is 1. The molecule has 0 heterocycles.